The van der Waals surface area contributed by atoms with E-state index in [9.17, 15) is 22.4 Å². The molecule has 0 aliphatic carbocycles. The van der Waals surface area contributed by atoms with E-state index in [2.05, 4.69) is 15.4 Å². The number of hydrogen-bond acceptors (Lipinski definition) is 3. The van der Waals surface area contributed by atoms with E-state index in [1.165, 1.54) is 31.3 Å². The van der Waals surface area contributed by atoms with Crippen LogP contribution < -0.4 is 5.32 Å². The molecule has 0 atom stereocenters. The molecule has 1 N–H and O–H groups in total. The number of hydrogen-bond donors (Lipinski definition) is 1. The highest BCUT2D eigenvalue weighted by atomic mass is 35.5. The number of amides is 1. The maximum Gasteiger partial charge on any atom is 0.435 e. The van der Waals surface area contributed by atoms with Crippen LogP contribution in [-0.2, 0) is 13.2 Å². The molecule has 1 aromatic carbocycles. The number of carbonyl (C=O) groups excluding carboxylic acids is 1. The van der Waals surface area contributed by atoms with E-state index in [0.717, 1.165) is 10.7 Å². The van der Waals surface area contributed by atoms with Crippen LogP contribution in [0.2, 0.25) is 5.02 Å². The van der Waals surface area contributed by atoms with Gasteiger partial charge in [-0.15, -0.1) is 0 Å². The summed E-state index contributed by atoms with van der Waals surface area (Å²) in [7, 11) is 1.26. The predicted molar refractivity (Wildman–Crippen MR) is 90.8 cm³/mol. The largest absolute Gasteiger partial charge is 0.435 e. The van der Waals surface area contributed by atoms with Gasteiger partial charge in [-0.05, 0) is 36.4 Å². The van der Waals surface area contributed by atoms with Gasteiger partial charge in [-0.2, -0.15) is 22.7 Å². The van der Waals surface area contributed by atoms with Crippen molar-refractivity contribution in [2.75, 3.05) is 5.32 Å². The molecule has 0 bridgehead atoms. The van der Waals surface area contributed by atoms with Crippen LogP contribution in [-0.4, -0.2) is 20.7 Å². The summed E-state index contributed by atoms with van der Waals surface area (Å²) in [5.74, 6) is -1.70. The highest BCUT2D eigenvalue weighted by Crippen LogP contribution is 2.32. The molecule has 1 amide bonds. The zero-order valence-corrected chi connectivity index (χ0v) is 14.4. The molecular weight excluding hydrogens is 388 g/mol. The lowest BCUT2D eigenvalue weighted by molar-refractivity contribution is -0.141. The number of nitrogens with one attached hydrogen (secondary N) is 1. The number of anilines is 1. The van der Waals surface area contributed by atoms with Gasteiger partial charge in [0.25, 0.3) is 5.91 Å². The third kappa shape index (κ3) is 4.08. The van der Waals surface area contributed by atoms with Gasteiger partial charge in [0.2, 0.25) is 5.95 Å². The Labute approximate surface area is 155 Å². The summed E-state index contributed by atoms with van der Waals surface area (Å²) >= 11 is 5.81. The highest BCUT2D eigenvalue weighted by Gasteiger charge is 2.35. The van der Waals surface area contributed by atoms with Crippen LogP contribution in [0.1, 0.15) is 16.1 Å². The SMILES string of the molecule is Cn1nc(C(F)(F)F)cc1-c1ccc(NC(=O)c2cccc(Cl)c2)nc1F. The number of aryl methyl sites for hydroxylation is 1. The standard InChI is InChI=1S/C17H11ClF4N4O/c1-26-12(8-13(25-26)17(20,21)22)11-5-6-14(23-15(11)19)24-16(27)9-3-2-4-10(18)7-9/h2-8H,1H3,(H,23,24,27). The Morgan fingerprint density at radius 3 is 2.52 bits per heavy atom. The smallest absolute Gasteiger partial charge is 0.306 e. The number of rotatable bonds is 3. The fourth-order valence-electron chi connectivity index (χ4n) is 2.37. The third-order valence-corrected chi connectivity index (χ3v) is 3.86. The normalized spacial score (nSPS) is 11.5. The minimum Gasteiger partial charge on any atom is -0.306 e. The van der Waals surface area contributed by atoms with E-state index in [-0.39, 0.29) is 22.6 Å². The van der Waals surface area contributed by atoms with E-state index in [1.54, 1.807) is 12.1 Å². The third-order valence-electron chi connectivity index (χ3n) is 3.62. The van der Waals surface area contributed by atoms with E-state index in [0.29, 0.717) is 5.02 Å². The zero-order chi connectivity index (χ0) is 19.8. The van der Waals surface area contributed by atoms with E-state index in [1.807, 2.05) is 0 Å². The lowest BCUT2D eigenvalue weighted by Gasteiger charge is -2.07. The Morgan fingerprint density at radius 2 is 1.93 bits per heavy atom. The van der Waals surface area contributed by atoms with Crippen molar-refractivity contribution in [3.63, 3.8) is 0 Å². The van der Waals surface area contributed by atoms with Crippen LogP contribution in [0, 0.1) is 5.95 Å². The minimum absolute atomic E-state index is 0.0972. The summed E-state index contributed by atoms with van der Waals surface area (Å²) in [5, 5.41) is 6.09. The molecule has 5 nitrogen and oxygen atoms in total. The number of aromatic nitrogens is 3. The first-order valence-corrected chi connectivity index (χ1v) is 7.88. The highest BCUT2D eigenvalue weighted by molar-refractivity contribution is 6.31. The lowest BCUT2D eigenvalue weighted by atomic mass is 10.2. The summed E-state index contributed by atoms with van der Waals surface area (Å²) in [4.78, 5) is 15.7. The molecule has 0 saturated heterocycles. The molecule has 0 aliphatic rings. The van der Waals surface area contributed by atoms with Crippen LogP contribution in [0.4, 0.5) is 23.4 Å². The Kier molecular flexibility index (Phi) is 4.88. The van der Waals surface area contributed by atoms with Gasteiger partial charge in [0.15, 0.2) is 5.69 Å². The van der Waals surface area contributed by atoms with Crippen molar-refractivity contribution < 1.29 is 22.4 Å². The van der Waals surface area contributed by atoms with Gasteiger partial charge in [-0.25, -0.2) is 4.98 Å². The topological polar surface area (TPSA) is 59.8 Å². The Morgan fingerprint density at radius 1 is 1.19 bits per heavy atom. The van der Waals surface area contributed by atoms with Gasteiger partial charge in [0, 0.05) is 17.6 Å². The molecule has 2 aromatic heterocycles. The number of alkyl halides is 3. The molecule has 0 radical (unpaired) electrons. The molecule has 27 heavy (non-hydrogen) atoms. The van der Waals surface area contributed by atoms with E-state index in [4.69, 9.17) is 11.6 Å². The summed E-state index contributed by atoms with van der Waals surface area (Å²) < 4.78 is 53.5. The maximum atomic E-state index is 14.3. The fourth-order valence-corrected chi connectivity index (χ4v) is 2.56. The maximum absolute atomic E-state index is 14.3. The number of pyridine rings is 1. The molecule has 0 aliphatic heterocycles. The first kappa shape index (κ1) is 18.8. The van der Waals surface area contributed by atoms with Gasteiger partial charge >= 0.3 is 6.18 Å². The van der Waals surface area contributed by atoms with Gasteiger partial charge in [-0.1, -0.05) is 17.7 Å². The Bertz CT molecular complexity index is 1020. The van der Waals surface area contributed by atoms with Crippen molar-refractivity contribution >= 4 is 23.3 Å². The fraction of sp³-hybridized carbons (Fsp3) is 0.118. The molecule has 3 rings (SSSR count). The monoisotopic (exact) mass is 398 g/mol. The first-order valence-electron chi connectivity index (χ1n) is 7.50. The van der Waals surface area contributed by atoms with Gasteiger partial charge in [-0.3, -0.25) is 9.48 Å². The van der Waals surface area contributed by atoms with Crippen molar-refractivity contribution in [3.05, 3.63) is 64.7 Å². The van der Waals surface area contributed by atoms with Crippen molar-refractivity contribution in [1.29, 1.82) is 0 Å². The van der Waals surface area contributed by atoms with Crippen LogP contribution in [0.15, 0.2) is 42.5 Å². The summed E-state index contributed by atoms with van der Waals surface area (Å²) in [6.07, 6.45) is -4.65. The summed E-state index contributed by atoms with van der Waals surface area (Å²) in [6.45, 7) is 0. The predicted octanol–water partition coefficient (Wildman–Crippen LogP) is 4.55. The Hall–Kier alpha value is -2.94. The molecule has 0 saturated carbocycles. The molecule has 0 unspecified atom stereocenters. The number of carbonyl (C=O) groups is 1. The van der Waals surface area contributed by atoms with Crippen LogP contribution in [0.5, 0.6) is 0 Å². The van der Waals surface area contributed by atoms with E-state index >= 15 is 0 Å². The molecule has 0 fully saturated rings. The quantitative estimate of drug-likeness (QED) is 0.520. The minimum atomic E-state index is -4.65. The molecule has 0 spiro atoms. The second-order valence-corrected chi connectivity index (χ2v) is 5.97. The molecule has 140 valence electrons. The summed E-state index contributed by atoms with van der Waals surface area (Å²) in [6, 6.07) is 9.33. The van der Waals surface area contributed by atoms with Crippen molar-refractivity contribution in [3.8, 4) is 11.3 Å². The Balaban J connectivity index is 1.86. The molecular formula is C17H11ClF4N4O. The van der Waals surface area contributed by atoms with E-state index < -0.39 is 23.7 Å². The second-order valence-electron chi connectivity index (χ2n) is 5.54. The molecule has 10 heteroatoms. The average molecular weight is 399 g/mol. The number of halogens is 5. The first-order chi connectivity index (χ1) is 12.6. The lowest BCUT2D eigenvalue weighted by Crippen LogP contribution is -2.13. The van der Waals surface area contributed by atoms with Crippen LogP contribution in [0.3, 0.4) is 0 Å². The number of benzene rings is 1. The van der Waals surface area contributed by atoms with Gasteiger partial charge in [0.1, 0.15) is 5.82 Å². The second kappa shape index (κ2) is 6.99. The van der Waals surface area contributed by atoms with Crippen LogP contribution >= 0.6 is 11.6 Å². The van der Waals surface area contributed by atoms with Gasteiger partial charge < -0.3 is 5.32 Å². The average Bonchev–Trinajstić information content (AvgIpc) is 2.97. The van der Waals surface area contributed by atoms with Crippen molar-refractivity contribution in [2.24, 2.45) is 7.05 Å². The summed E-state index contributed by atoms with van der Waals surface area (Å²) in [5.41, 5.74) is -1.17. The molecule has 3 aromatic rings. The molecule has 2 heterocycles. The van der Waals surface area contributed by atoms with Crippen molar-refractivity contribution in [2.45, 2.75) is 6.18 Å². The van der Waals surface area contributed by atoms with Crippen LogP contribution in [0.25, 0.3) is 11.3 Å². The number of nitrogens with zero attached hydrogens (tertiary/aromatic N) is 3. The zero-order valence-electron chi connectivity index (χ0n) is 13.7. The van der Waals surface area contributed by atoms with Crippen molar-refractivity contribution in [1.82, 2.24) is 14.8 Å². The van der Waals surface area contributed by atoms with Gasteiger partial charge in [0.05, 0.1) is 11.3 Å².